The third-order valence-electron chi connectivity index (χ3n) is 2.60. The zero-order chi connectivity index (χ0) is 15.5. The lowest BCUT2D eigenvalue weighted by Gasteiger charge is -2.09. The Hall–Kier alpha value is -2.18. The van der Waals surface area contributed by atoms with Gasteiger partial charge in [-0.05, 0) is 23.8 Å². The second kappa shape index (κ2) is 6.07. The van der Waals surface area contributed by atoms with Gasteiger partial charge in [-0.1, -0.05) is 18.2 Å². The third kappa shape index (κ3) is 4.40. The number of rotatable bonds is 4. The van der Waals surface area contributed by atoms with E-state index in [9.17, 15) is 22.0 Å². The summed E-state index contributed by atoms with van der Waals surface area (Å²) in [4.78, 5) is 3.62. The van der Waals surface area contributed by atoms with Gasteiger partial charge in [0.25, 0.3) is 6.43 Å². The highest BCUT2D eigenvalue weighted by atomic mass is 19.4. The summed E-state index contributed by atoms with van der Waals surface area (Å²) in [6.07, 6.45) is -5.75. The first kappa shape index (κ1) is 15.2. The Morgan fingerprint density at radius 1 is 0.952 bits per heavy atom. The molecular weight excluding hydrogens is 293 g/mol. The van der Waals surface area contributed by atoms with Crippen molar-refractivity contribution in [1.82, 2.24) is 4.98 Å². The second-order valence-electron chi connectivity index (χ2n) is 4.20. The maximum absolute atomic E-state index is 12.4. The molecular formula is C14H10F5NO. The van der Waals surface area contributed by atoms with Gasteiger partial charge in [0.2, 0.25) is 0 Å². The highest BCUT2D eigenvalue weighted by Crippen LogP contribution is 2.25. The average Bonchev–Trinajstić information content (AvgIpc) is 2.45. The van der Waals surface area contributed by atoms with E-state index < -0.39 is 19.2 Å². The molecule has 0 saturated heterocycles. The first-order valence-corrected chi connectivity index (χ1v) is 5.89. The van der Waals surface area contributed by atoms with Crippen molar-refractivity contribution >= 4 is 0 Å². The van der Waals surface area contributed by atoms with Crippen molar-refractivity contribution in [3.63, 3.8) is 0 Å². The van der Waals surface area contributed by atoms with E-state index in [1.54, 1.807) is 0 Å². The lowest BCUT2D eigenvalue weighted by molar-refractivity contribution is -0.153. The van der Waals surface area contributed by atoms with Gasteiger partial charge in [0.05, 0.1) is 0 Å². The lowest BCUT2D eigenvalue weighted by Crippen LogP contribution is -2.19. The number of hydrogen-bond donors (Lipinski definition) is 0. The molecule has 21 heavy (non-hydrogen) atoms. The van der Waals surface area contributed by atoms with E-state index >= 15 is 0 Å². The van der Waals surface area contributed by atoms with Crippen molar-refractivity contribution in [1.29, 1.82) is 0 Å². The van der Waals surface area contributed by atoms with Crippen molar-refractivity contribution in [3.8, 4) is 16.9 Å². The van der Waals surface area contributed by atoms with Crippen LogP contribution in [0.3, 0.4) is 0 Å². The van der Waals surface area contributed by atoms with Crippen LogP contribution in [0.25, 0.3) is 11.1 Å². The number of hydrogen-bond acceptors (Lipinski definition) is 2. The molecule has 0 atom stereocenters. The number of aromatic nitrogens is 1. The topological polar surface area (TPSA) is 22.1 Å². The zero-order valence-corrected chi connectivity index (χ0v) is 10.6. The minimum atomic E-state index is -4.40. The molecule has 0 amide bonds. The molecule has 2 nitrogen and oxygen atoms in total. The van der Waals surface area contributed by atoms with Crippen molar-refractivity contribution in [2.24, 2.45) is 0 Å². The molecule has 112 valence electrons. The summed E-state index contributed by atoms with van der Waals surface area (Å²) in [5.74, 6) is 0.0771. The van der Waals surface area contributed by atoms with Crippen molar-refractivity contribution < 1.29 is 26.7 Å². The Labute approximate surface area is 117 Å². The summed E-state index contributed by atoms with van der Waals surface area (Å²) in [6.45, 7) is -1.36. The van der Waals surface area contributed by atoms with Crippen LogP contribution in [0.5, 0.6) is 5.75 Å². The summed E-state index contributed by atoms with van der Waals surface area (Å²) in [5.41, 5.74) is 0.897. The first-order valence-electron chi connectivity index (χ1n) is 5.89. The number of pyridine rings is 1. The van der Waals surface area contributed by atoms with Crippen LogP contribution in [0.2, 0.25) is 0 Å². The van der Waals surface area contributed by atoms with Crippen LogP contribution in [-0.4, -0.2) is 17.8 Å². The number of alkyl halides is 5. The van der Waals surface area contributed by atoms with E-state index in [4.69, 9.17) is 0 Å². The van der Waals surface area contributed by atoms with E-state index in [1.807, 2.05) is 0 Å². The summed E-state index contributed by atoms with van der Waals surface area (Å²) in [5, 5.41) is 0. The predicted octanol–water partition coefficient (Wildman–Crippen LogP) is 4.63. The van der Waals surface area contributed by atoms with Crippen LogP contribution in [0.4, 0.5) is 22.0 Å². The van der Waals surface area contributed by atoms with Crippen molar-refractivity contribution in [3.05, 3.63) is 48.3 Å². The molecule has 0 N–H and O–H groups in total. The number of benzene rings is 1. The lowest BCUT2D eigenvalue weighted by atomic mass is 10.1. The minimum absolute atomic E-state index is 0.0771. The van der Waals surface area contributed by atoms with Crippen molar-refractivity contribution in [2.75, 3.05) is 6.61 Å². The Bertz CT molecular complexity index is 578. The zero-order valence-electron chi connectivity index (χ0n) is 10.6. The predicted molar refractivity (Wildman–Crippen MR) is 66.2 cm³/mol. The number of nitrogens with zero attached hydrogens (tertiary/aromatic N) is 1. The van der Waals surface area contributed by atoms with E-state index in [2.05, 4.69) is 9.72 Å². The quantitative estimate of drug-likeness (QED) is 0.768. The maximum Gasteiger partial charge on any atom is 0.422 e. The number of ether oxygens (including phenoxy) is 1. The average molecular weight is 303 g/mol. The van der Waals surface area contributed by atoms with Crippen LogP contribution in [0.1, 0.15) is 12.1 Å². The molecule has 0 aliphatic rings. The van der Waals surface area contributed by atoms with Crippen molar-refractivity contribution in [2.45, 2.75) is 12.6 Å². The smallest absolute Gasteiger partial charge is 0.422 e. The Kier molecular flexibility index (Phi) is 4.40. The summed E-state index contributed by atoms with van der Waals surface area (Å²) in [6, 6.07) is 8.49. The Morgan fingerprint density at radius 3 is 2.05 bits per heavy atom. The molecule has 7 heteroatoms. The van der Waals surface area contributed by atoms with E-state index in [0.717, 1.165) is 0 Å². The van der Waals surface area contributed by atoms with Crippen LogP contribution < -0.4 is 4.74 Å². The van der Waals surface area contributed by atoms with Gasteiger partial charge in [0.1, 0.15) is 11.4 Å². The molecule has 0 fully saturated rings. The molecule has 0 unspecified atom stereocenters. The fourth-order valence-electron chi connectivity index (χ4n) is 1.61. The van der Waals surface area contributed by atoms with Crippen LogP contribution in [0.15, 0.2) is 42.6 Å². The van der Waals surface area contributed by atoms with Gasteiger partial charge in [-0.25, -0.2) is 8.78 Å². The largest absolute Gasteiger partial charge is 0.484 e. The van der Waals surface area contributed by atoms with Gasteiger partial charge in [-0.3, -0.25) is 4.98 Å². The Morgan fingerprint density at radius 2 is 1.57 bits per heavy atom. The molecule has 2 rings (SSSR count). The fourth-order valence-corrected chi connectivity index (χ4v) is 1.61. The van der Waals surface area contributed by atoms with E-state index in [1.165, 1.54) is 42.6 Å². The molecule has 2 aromatic rings. The minimum Gasteiger partial charge on any atom is -0.484 e. The molecule has 1 aromatic carbocycles. The standard InChI is InChI=1S/C14H10F5NO/c15-13(16)12-6-3-10(7-20-12)9-1-4-11(5-2-9)21-8-14(17,18)19/h1-7,13H,8H2. The highest BCUT2D eigenvalue weighted by Gasteiger charge is 2.28. The Balaban J connectivity index is 2.08. The molecule has 1 heterocycles. The van der Waals surface area contributed by atoms with E-state index in [-0.39, 0.29) is 11.4 Å². The SMILES string of the molecule is FC(F)c1ccc(-c2ccc(OCC(F)(F)F)cc2)cn1. The van der Waals surface area contributed by atoms with Gasteiger partial charge in [-0.15, -0.1) is 0 Å². The molecule has 0 aliphatic heterocycles. The van der Waals surface area contributed by atoms with Crippen LogP contribution in [0, 0.1) is 0 Å². The van der Waals surface area contributed by atoms with Gasteiger partial charge < -0.3 is 4.74 Å². The third-order valence-corrected chi connectivity index (χ3v) is 2.60. The van der Waals surface area contributed by atoms with Gasteiger partial charge in [0.15, 0.2) is 6.61 Å². The molecule has 0 aliphatic carbocycles. The monoisotopic (exact) mass is 303 g/mol. The van der Waals surface area contributed by atoms with Gasteiger partial charge >= 0.3 is 6.18 Å². The summed E-state index contributed by atoms with van der Waals surface area (Å²) < 4.78 is 65.3. The molecule has 0 spiro atoms. The molecule has 1 aromatic heterocycles. The number of halogens is 5. The summed E-state index contributed by atoms with van der Waals surface area (Å²) in [7, 11) is 0. The highest BCUT2D eigenvalue weighted by molar-refractivity contribution is 5.63. The normalized spacial score (nSPS) is 11.7. The second-order valence-corrected chi connectivity index (χ2v) is 4.20. The van der Waals surface area contributed by atoms with Gasteiger partial charge in [0, 0.05) is 11.8 Å². The molecule has 0 saturated carbocycles. The molecule has 0 bridgehead atoms. The molecule has 0 radical (unpaired) electrons. The van der Waals surface area contributed by atoms with E-state index in [0.29, 0.717) is 11.1 Å². The van der Waals surface area contributed by atoms with Crippen LogP contribution >= 0.6 is 0 Å². The fraction of sp³-hybridized carbons (Fsp3) is 0.214. The van der Waals surface area contributed by atoms with Crippen LogP contribution in [-0.2, 0) is 0 Å². The van der Waals surface area contributed by atoms with Gasteiger partial charge in [-0.2, -0.15) is 13.2 Å². The summed E-state index contributed by atoms with van der Waals surface area (Å²) >= 11 is 0. The maximum atomic E-state index is 12.4. The first-order chi connectivity index (χ1) is 9.85.